The molecule has 1 heterocycles. The lowest BCUT2D eigenvalue weighted by atomic mass is 10.0. The van der Waals surface area contributed by atoms with Crippen molar-refractivity contribution in [2.45, 2.75) is 13.8 Å². The van der Waals surface area contributed by atoms with E-state index in [2.05, 4.69) is 5.32 Å². The van der Waals surface area contributed by atoms with E-state index in [1.54, 1.807) is 24.3 Å². The summed E-state index contributed by atoms with van der Waals surface area (Å²) in [5.41, 5.74) is 2.38. The third-order valence-corrected chi connectivity index (χ3v) is 2.85. The highest BCUT2D eigenvalue weighted by Gasteiger charge is 2.11. The number of rotatable bonds is 4. The van der Waals surface area contributed by atoms with Crippen molar-refractivity contribution in [3.05, 3.63) is 47.2 Å². The second-order valence-electron chi connectivity index (χ2n) is 4.21. The Balaban J connectivity index is 2.41. The summed E-state index contributed by atoms with van der Waals surface area (Å²) in [4.78, 5) is 22.4. The number of carbonyl (C=O) groups is 2. The molecule has 0 atom stereocenters. The SMILES string of the molecule is CCNC(=O)c1ccc(C)c(-c2ccc(C=O)o2)c1. The highest BCUT2D eigenvalue weighted by molar-refractivity contribution is 5.95. The van der Waals surface area contributed by atoms with E-state index >= 15 is 0 Å². The number of nitrogens with one attached hydrogen (secondary N) is 1. The molecular weight excluding hydrogens is 242 g/mol. The number of aryl methyl sites for hydroxylation is 1. The van der Waals surface area contributed by atoms with Crippen LogP contribution < -0.4 is 5.32 Å². The molecule has 19 heavy (non-hydrogen) atoms. The van der Waals surface area contributed by atoms with Gasteiger partial charge in [0, 0.05) is 17.7 Å². The second kappa shape index (κ2) is 5.52. The number of amides is 1. The van der Waals surface area contributed by atoms with Crippen LogP contribution in [0.2, 0.25) is 0 Å². The highest BCUT2D eigenvalue weighted by Crippen LogP contribution is 2.26. The summed E-state index contributed by atoms with van der Waals surface area (Å²) in [5.74, 6) is 0.745. The first-order chi connectivity index (χ1) is 9.15. The molecule has 1 N–H and O–H groups in total. The molecule has 2 aromatic rings. The molecule has 98 valence electrons. The van der Waals surface area contributed by atoms with Gasteiger partial charge in [0.25, 0.3) is 5.91 Å². The number of carbonyl (C=O) groups excluding carboxylic acids is 2. The number of hydrogen-bond donors (Lipinski definition) is 1. The third-order valence-electron chi connectivity index (χ3n) is 2.85. The van der Waals surface area contributed by atoms with Crippen LogP contribution in [0, 0.1) is 6.92 Å². The molecule has 0 fully saturated rings. The lowest BCUT2D eigenvalue weighted by Gasteiger charge is -2.07. The Bertz CT molecular complexity index is 614. The van der Waals surface area contributed by atoms with Gasteiger partial charge in [-0.2, -0.15) is 0 Å². The van der Waals surface area contributed by atoms with Gasteiger partial charge < -0.3 is 9.73 Å². The van der Waals surface area contributed by atoms with E-state index in [-0.39, 0.29) is 11.7 Å². The average molecular weight is 257 g/mol. The second-order valence-corrected chi connectivity index (χ2v) is 4.21. The van der Waals surface area contributed by atoms with Crippen LogP contribution >= 0.6 is 0 Å². The van der Waals surface area contributed by atoms with Crippen LogP contribution in [0.5, 0.6) is 0 Å². The van der Waals surface area contributed by atoms with E-state index in [4.69, 9.17) is 4.42 Å². The van der Waals surface area contributed by atoms with Crippen LogP contribution in [0.1, 0.15) is 33.4 Å². The summed E-state index contributed by atoms with van der Waals surface area (Å²) in [6, 6.07) is 8.75. The molecule has 0 unspecified atom stereocenters. The van der Waals surface area contributed by atoms with E-state index in [9.17, 15) is 9.59 Å². The minimum atomic E-state index is -0.120. The molecule has 0 radical (unpaired) electrons. The highest BCUT2D eigenvalue weighted by atomic mass is 16.3. The van der Waals surface area contributed by atoms with Crippen LogP contribution in [0.15, 0.2) is 34.7 Å². The summed E-state index contributed by atoms with van der Waals surface area (Å²) in [7, 11) is 0. The Morgan fingerprint density at radius 1 is 1.32 bits per heavy atom. The average Bonchev–Trinajstić information content (AvgIpc) is 2.88. The molecule has 2 rings (SSSR count). The van der Waals surface area contributed by atoms with Crippen molar-refractivity contribution < 1.29 is 14.0 Å². The molecular formula is C15H15NO3. The van der Waals surface area contributed by atoms with Gasteiger partial charge in [-0.25, -0.2) is 0 Å². The van der Waals surface area contributed by atoms with Crippen molar-refractivity contribution >= 4 is 12.2 Å². The van der Waals surface area contributed by atoms with Crippen molar-refractivity contribution in [2.75, 3.05) is 6.54 Å². The molecule has 0 aliphatic rings. The van der Waals surface area contributed by atoms with Gasteiger partial charge in [0.15, 0.2) is 12.0 Å². The first-order valence-electron chi connectivity index (χ1n) is 6.10. The normalized spacial score (nSPS) is 10.2. The summed E-state index contributed by atoms with van der Waals surface area (Å²) >= 11 is 0. The summed E-state index contributed by atoms with van der Waals surface area (Å²) in [5, 5.41) is 2.75. The number of benzene rings is 1. The van der Waals surface area contributed by atoms with Crippen LogP contribution in [-0.2, 0) is 0 Å². The Morgan fingerprint density at radius 2 is 2.11 bits per heavy atom. The molecule has 0 aliphatic carbocycles. The summed E-state index contributed by atoms with van der Waals surface area (Å²) in [6.45, 7) is 4.38. The molecule has 4 nitrogen and oxygen atoms in total. The Labute approximate surface area is 111 Å². The topological polar surface area (TPSA) is 59.3 Å². The van der Waals surface area contributed by atoms with Crippen molar-refractivity contribution in [3.63, 3.8) is 0 Å². The third kappa shape index (κ3) is 2.73. The Morgan fingerprint density at radius 3 is 2.74 bits per heavy atom. The van der Waals surface area contributed by atoms with Crippen molar-refractivity contribution in [3.8, 4) is 11.3 Å². The van der Waals surface area contributed by atoms with Gasteiger partial charge in [-0.05, 0) is 43.7 Å². The standard InChI is InChI=1S/C15H15NO3/c1-3-16-15(18)11-5-4-10(2)13(8-11)14-7-6-12(9-17)19-14/h4-9H,3H2,1-2H3,(H,16,18). The molecule has 4 heteroatoms. The fourth-order valence-electron chi connectivity index (χ4n) is 1.85. The number of hydrogen-bond acceptors (Lipinski definition) is 3. The van der Waals surface area contributed by atoms with E-state index in [0.29, 0.717) is 24.2 Å². The molecule has 0 spiro atoms. The zero-order valence-corrected chi connectivity index (χ0v) is 10.9. The van der Waals surface area contributed by atoms with Gasteiger partial charge in [0.1, 0.15) is 5.76 Å². The Hall–Kier alpha value is -2.36. The molecule has 1 aromatic heterocycles. The van der Waals surface area contributed by atoms with Crippen LogP contribution in [0.25, 0.3) is 11.3 Å². The van der Waals surface area contributed by atoms with Gasteiger partial charge in [0.2, 0.25) is 0 Å². The van der Waals surface area contributed by atoms with Crippen LogP contribution in [-0.4, -0.2) is 18.7 Å². The lowest BCUT2D eigenvalue weighted by Crippen LogP contribution is -2.22. The molecule has 0 aliphatic heterocycles. The van der Waals surface area contributed by atoms with Crippen LogP contribution in [0.3, 0.4) is 0 Å². The quantitative estimate of drug-likeness (QED) is 0.857. The lowest BCUT2D eigenvalue weighted by molar-refractivity contribution is 0.0955. The van der Waals surface area contributed by atoms with Crippen molar-refractivity contribution in [1.82, 2.24) is 5.32 Å². The maximum Gasteiger partial charge on any atom is 0.251 e. The Kier molecular flexibility index (Phi) is 3.80. The first kappa shape index (κ1) is 13.1. The zero-order chi connectivity index (χ0) is 13.8. The summed E-state index contributed by atoms with van der Waals surface area (Å²) in [6.07, 6.45) is 0.659. The fourth-order valence-corrected chi connectivity index (χ4v) is 1.85. The maximum absolute atomic E-state index is 11.8. The number of furan rings is 1. The van der Waals surface area contributed by atoms with E-state index < -0.39 is 0 Å². The molecule has 0 saturated heterocycles. The van der Waals surface area contributed by atoms with Gasteiger partial charge in [-0.3, -0.25) is 9.59 Å². The van der Waals surface area contributed by atoms with Crippen LogP contribution in [0.4, 0.5) is 0 Å². The van der Waals surface area contributed by atoms with E-state index in [1.165, 1.54) is 0 Å². The van der Waals surface area contributed by atoms with Gasteiger partial charge >= 0.3 is 0 Å². The van der Waals surface area contributed by atoms with Crippen molar-refractivity contribution in [2.24, 2.45) is 0 Å². The minimum Gasteiger partial charge on any atom is -0.453 e. The fraction of sp³-hybridized carbons (Fsp3) is 0.200. The molecule has 1 aromatic carbocycles. The summed E-state index contributed by atoms with van der Waals surface area (Å²) < 4.78 is 5.39. The largest absolute Gasteiger partial charge is 0.453 e. The van der Waals surface area contributed by atoms with Gasteiger partial charge in [-0.15, -0.1) is 0 Å². The number of aldehydes is 1. The van der Waals surface area contributed by atoms with Crippen molar-refractivity contribution in [1.29, 1.82) is 0 Å². The monoisotopic (exact) mass is 257 g/mol. The van der Waals surface area contributed by atoms with E-state index in [0.717, 1.165) is 11.1 Å². The molecule has 0 bridgehead atoms. The van der Waals surface area contributed by atoms with E-state index in [1.807, 2.05) is 19.9 Å². The molecule has 0 saturated carbocycles. The predicted octanol–water partition coefficient (Wildman–Crippen LogP) is 2.82. The molecule has 1 amide bonds. The zero-order valence-electron chi connectivity index (χ0n) is 10.9. The predicted molar refractivity (Wildman–Crippen MR) is 72.3 cm³/mol. The first-order valence-corrected chi connectivity index (χ1v) is 6.10. The van der Waals surface area contributed by atoms with Gasteiger partial charge in [0.05, 0.1) is 0 Å². The minimum absolute atomic E-state index is 0.120. The maximum atomic E-state index is 11.8. The smallest absolute Gasteiger partial charge is 0.251 e. The van der Waals surface area contributed by atoms with Gasteiger partial charge in [-0.1, -0.05) is 6.07 Å².